The molecule has 1 heterocycles. The van der Waals surface area contributed by atoms with Crippen LogP contribution in [0, 0.1) is 0 Å². The number of alkyl halides is 3. The summed E-state index contributed by atoms with van der Waals surface area (Å²) in [6.07, 6.45) is -3.97. The van der Waals surface area contributed by atoms with E-state index in [2.05, 4.69) is 5.32 Å². The van der Waals surface area contributed by atoms with E-state index >= 15 is 0 Å². The van der Waals surface area contributed by atoms with E-state index in [0.717, 1.165) is 6.07 Å². The van der Waals surface area contributed by atoms with Crippen LogP contribution < -0.4 is 15.6 Å². The van der Waals surface area contributed by atoms with E-state index in [1.165, 1.54) is 0 Å². The van der Waals surface area contributed by atoms with Crippen molar-refractivity contribution in [1.82, 2.24) is 4.57 Å². The molecule has 1 aromatic heterocycles. The average molecular weight is 388 g/mol. The molecule has 1 amide bonds. The summed E-state index contributed by atoms with van der Waals surface area (Å²) in [6.45, 7) is -0.537. The zero-order chi connectivity index (χ0) is 20.1. The summed E-state index contributed by atoms with van der Waals surface area (Å²) in [5, 5.41) is 2.53. The summed E-state index contributed by atoms with van der Waals surface area (Å²) in [7, 11) is 0. The van der Waals surface area contributed by atoms with Gasteiger partial charge in [-0.2, -0.15) is 13.2 Å². The number of pyridine rings is 1. The van der Waals surface area contributed by atoms with Crippen LogP contribution >= 0.6 is 0 Å². The highest BCUT2D eigenvalue weighted by Gasteiger charge is 2.31. The summed E-state index contributed by atoms with van der Waals surface area (Å²) in [6, 6.07) is 17.0. The number of aromatic nitrogens is 1. The van der Waals surface area contributed by atoms with Crippen molar-refractivity contribution in [2.45, 2.75) is 12.7 Å². The van der Waals surface area contributed by atoms with Gasteiger partial charge in [0.1, 0.15) is 18.0 Å². The predicted molar refractivity (Wildman–Crippen MR) is 97.3 cm³/mol. The lowest BCUT2D eigenvalue weighted by Crippen LogP contribution is -2.28. The Morgan fingerprint density at radius 1 is 0.929 bits per heavy atom. The Bertz CT molecular complexity index is 1010. The molecule has 0 saturated carbocycles. The SMILES string of the molecule is O=C(Cn1cc(C(F)(F)F)ccc1=O)Nc1ccc(Oc2ccccc2)cc1. The first-order valence-electron chi connectivity index (χ1n) is 8.22. The van der Waals surface area contributed by atoms with Crippen molar-refractivity contribution >= 4 is 11.6 Å². The van der Waals surface area contributed by atoms with E-state index in [-0.39, 0.29) is 0 Å². The van der Waals surface area contributed by atoms with Crippen LogP contribution in [-0.2, 0) is 17.5 Å². The number of para-hydroxylation sites is 1. The van der Waals surface area contributed by atoms with Gasteiger partial charge in [-0.15, -0.1) is 0 Å². The third kappa shape index (κ3) is 5.00. The molecule has 0 aliphatic carbocycles. The molecule has 5 nitrogen and oxygen atoms in total. The molecule has 0 aliphatic rings. The highest BCUT2D eigenvalue weighted by Crippen LogP contribution is 2.28. The Kier molecular flexibility index (Phi) is 5.49. The molecule has 0 saturated heterocycles. The van der Waals surface area contributed by atoms with E-state index in [1.54, 1.807) is 36.4 Å². The van der Waals surface area contributed by atoms with Crippen LogP contribution in [0.5, 0.6) is 11.5 Å². The molecule has 144 valence electrons. The summed E-state index contributed by atoms with van der Waals surface area (Å²) in [5.41, 5.74) is -1.28. The third-order valence-corrected chi connectivity index (χ3v) is 3.74. The van der Waals surface area contributed by atoms with Gasteiger partial charge in [0, 0.05) is 18.0 Å². The normalized spacial score (nSPS) is 11.1. The first-order chi connectivity index (χ1) is 13.3. The van der Waals surface area contributed by atoms with Crippen LogP contribution in [0.2, 0.25) is 0 Å². The first-order valence-corrected chi connectivity index (χ1v) is 8.22. The summed E-state index contributed by atoms with van der Waals surface area (Å²) < 4.78 is 44.6. The van der Waals surface area contributed by atoms with Crippen molar-refractivity contribution in [2.75, 3.05) is 5.32 Å². The molecule has 0 atom stereocenters. The fraction of sp³-hybridized carbons (Fsp3) is 0.100. The first kappa shape index (κ1) is 19.2. The van der Waals surface area contributed by atoms with Crippen molar-refractivity contribution in [1.29, 1.82) is 0 Å². The highest BCUT2D eigenvalue weighted by molar-refractivity contribution is 5.90. The molecule has 0 bridgehead atoms. The monoisotopic (exact) mass is 388 g/mol. The van der Waals surface area contributed by atoms with Crippen molar-refractivity contribution in [3.05, 3.63) is 88.8 Å². The van der Waals surface area contributed by atoms with Crippen LogP contribution in [0.25, 0.3) is 0 Å². The van der Waals surface area contributed by atoms with E-state index in [4.69, 9.17) is 4.74 Å². The number of ether oxygens (including phenoxy) is 1. The van der Waals surface area contributed by atoms with Crippen molar-refractivity contribution in [3.8, 4) is 11.5 Å². The van der Waals surface area contributed by atoms with Gasteiger partial charge in [0.05, 0.1) is 5.56 Å². The van der Waals surface area contributed by atoms with Gasteiger partial charge >= 0.3 is 6.18 Å². The van der Waals surface area contributed by atoms with Crippen molar-refractivity contribution in [2.24, 2.45) is 0 Å². The Morgan fingerprint density at radius 2 is 1.57 bits per heavy atom. The average Bonchev–Trinajstić information content (AvgIpc) is 2.65. The number of hydrogen-bond donors (Lipinski definition) is 1. The lowest BCUT2D eigenvalue weighted by Gasteiger charge is -2.11. The lowest BCUT2D eigenvalue weighted by atomic mass is 10.2. The van der Waals surface area contributed by atoms with Crippen molar-refractivity contribution < 1.29 is 22.7 Å². The smallest absolute Gasteiger partial charge is 0.417 e. The number of anilines is 1. The van der Waals surface area contributed by atoms with Gasteiger partial charge in [-0.3, -0.25) is 9.59 Å². The van der Waals surface area contributed by atoms with E-state index in [9.17, 15) is 22.8 Å². The van der Waals surface area contributed by atoms with Gasteiger partial charge in [0.25, 0.3) is 5.56 Å². The largest absolute Gasteiger partial charge is 0.457 e. The zero-order valence-electron chi connectivity index (χ0n) is 14.4. The summed E-state index contributed by atoms with van der Waals surface area (Å²) >= 11 is 0. The second-order valence-electron chi connectivity index (χ2n) is 5.87. The summed E-state index contributed by atoms with van der Waals surface area (Å²) in [5.74, 6) is 0.583. The number of amides is 1. The molecule has 0 spiro atoms. The number of benzene rings is 2. The highest BCUT2D eigenvalue weighted by atomic mass is 19.4. The Morgan fingerprint density at radius 3 is 2.21 bits per heavy atom. The fourth-order valence-electron chi connectivity index (χ4n) is 2.41. The van der Waals surface area contributed by atoms with Crippen LogP contribution in [0.15, 0.2) is 77.7 Å². The van der Waals surface area contributed by atoms with Gasteiger partial charge < -0.3 is 14.6 Å². The standard InChI is InChI=1S/C20H15F3N2O3/c21-20(22,23)14-6-11-19(27)25(12-14)13-18(26)24-15-7-9-17(10-8-15)28-16-4-2-1-3-5-16/h1-12H,13H2,(H,24,26). The zero-order valence-corrected chi connectivity index (χ0v) is 14.4. The number of carbonyl (C=O) groups excluding carboxylic acids is 1. The molecule has 3 rings (SSSR count). The number of rotatable bonds is 5. The molecule has 1 N–H and O–H groups in total. The number of hydrogen-bond acceptors (Lipinski definition) is 3. The lowest BCUT2D eigenvalue weighted by molar-refractivity contribution is -0.138. The Labute approximate surface area is 158 Å². The Balaban J connectivity index is 1.64. The van der Waals surface area contributed by atoms with Crippen molar-refractivity contribution in [3.63, 3.8) is 0 Å². The van der Waals surface area contributed by atoms with E-state index in [1.807, 2.05) is 18.2 Å². The predicted octanol–water partition coefficient (Wildman–Crippen LogP) is 4.30. The number of halogens is 3. The van der Waals surface area contributed by atoms with E-state index < -0.39 is 29.8 Å². The molecule has 28 heavy (non-hydrogen) atoms. The molecule has 2 aromatic carbocycles. The maximum Gasteiger partial charge on any atom is 0.417 e. The summed E-state index contributed by atoms with van der Waals surface area (Å²) in [4.78, 5) is 23.8. The molecule has 0 unspecified atom stereocenters. The minimum atomic E-state index is -4.60. The number of nitrogens with zero attached hydrogens (tertiary/aromatic N) is 1. The third-order valence-electron chi connectivity index (χ3n) is 3.74. The molecule has 8 heteroatoms. The quantitative estimate of drug-likeness (QED) is 0.709. The number of carbonyl (C=O) groups is 1. The Hall–Kier alpha value is -3.55. The maximum atomic E-state index is 12.8. The van der Waals surface area contributed by atoms with Crippen LogP contribution in [0.4, 0.5) is 18.9 Å². The fourth-order valence-corrected chi connectivity index (χ4v) is 2.41. The molecule has 0 radical (unpaired) electrons. The van der Waals surface area contributed by atoms with Crippen LogP contribution in [-0.4, -0.2) is 10.5 Å². The second kappa shape index (κ2) is 7.99. The maximum absolute atomic E-state index is 12.8. The molecular weight excluding hydrogens is 373 g/mol. The van der Waals surface area contributed by atoms with Crippen LogP contribution in [0.1, 0.15) is 5.56 Å². The molecular formula is C20H15F3N2O3. The molecule has 3 aromatic rings. The van der Waals surface area contributed by atoms with Gasteiger partial charge in [-0.05, 0) is 42.5 Å². The van der Waals surface area contributed by atoms with Gasteiger partial charge in [0.15, 0.2) is 0 Å². The molecule has 0 fully saturated rings. The van der Waals surface area contributed by atoms with E-state index in [0.29, 0.717) is 34.0 Å². The molecule has 0 aliphatic heterocycles. The number of nitrogens with one attached hydrogen (secondary N) is 1. The van der Waals surface area contributed by atoms with Crippen LogP contribution in [0.3, 0.4) is 0 Å². The minimum Gasteiger partial charge on any atom is -0.457 e. The van der Waals surface area contributed by atoms with Gasteiger partial charge in [0.2, 0.25) is 5.91 Å². The second-order valence-corrected chi connectivity index (χ2v) is 5.87. The van der Waals surface area contributed by atoms with Gasteiger partial charge in [-0.25, -0.2) is 0 Å². The minimum absolute atomic E-state index is 0.422. The van der Waals surface area contributed by atoms with Gasteiger partial charge in [-0.1, -0.05) is 18.2 Å². The topological polar surface area (TPSA) is 60.3 Å².